The molecule has 6 N–H and O–H groups in total. The van der Waals surface area contributed by atoms with Gasteiger partial charge < -0.3 is 55.0 Å². The van der Waals surface area contributed by atoms with Gasteiger partial charge in [0, 0.05) is 57.5 Å². The molecule has 14 nitrogen and oxygen atoms in total. The average Bonchev–Trinajstić information content (AvgIpc) is 3.24. The first kappa shape index (κ1) is 56.9. The smallest absolute Gasteiger partial charge is 0.311 e. The lowest BCUT2D eigenvalue weighted by atomic mass is 9.80. The van der Waals surface area contributed by atoms with Gasteiger partial charge in [0.2, 0.25) is 5.91 Å². The van der Waals surface area contributed by atoms with Gasteiger partial charge in [0.25, 0.3) is 0 Å². The van der Waals surface area contributed by atoms with Crippen LogP contribution in [0, 0.1) is 29.6 Å². The van der Waals surface area contributed by atoms with Crippen molar-refractivity contribution in [3.8, 4) is 0 Å². The minimum atomic E-state index is -1.82. The summed E-state index contributed by atoms with van der Waals surface area (Å²) >= 11 is 5.84. The van der Waals surface area contributed by atoms with Crippen molar-refractivity contribution in [2.24, 2.45) is 35.3 Å². The molecule has 2 aliphatic heterocycles. The number of primary amides is 1. The predicted octanol–water partition coefficient (Wildman–Crippen LogP) is 6.20. The number of hydrogen-bond acceptors (Lipinski definition) is 12. The fourth-order valence-corrected chi connectivity index (χ4v) is 10.00. The molecule has 0 radical (unpaired) electrons. The summed E-state index contributed by atoms with van der Waals surface area (Å²) in [6.45, 7) is 25.8. The molecule has 2 saturated heterocycles. The van der Waals surface area contributed by atoms with E-state index < -0.39 is 78.6 Å². The van der Waals surface area contributed by atoms with E-state index in [4.69, 9.17) is 41.6 Å². The molecule has 2 aliphatic rings. The van der Waals surface area contributed by atoms with Crippen LogP contribution in [0.3, 0.4) is 0 Å². The number of ether oxygens (including phenoxy) is 5. The maximum atomic E-state index is 14.4. The lowest BCUT2D eigenvalue weighted by Gasteiger charge is -2.43. The third kappa shape index (κ3) is 17.8. The zero-order valence-electron chi connectivity index (χ0n) is 41.8. The number of nitrogens with one attached hydrogen (secondary N) is 1. The van der Waals surface area contributed by atoms with Crippen LogP contribution >= 0.6 is 12.2 Å². The Balaban J connectivity index is 2.00. The summed E-state index contributed by atoms with van der Waals surface area (Å²) in [6.07, 6.45) is -1.21. The summed E-state index contributed by atoms with van der Waals surface area (Å²) in [5.41, 5.74) is 4.96. The fraction of sp³-hybridized carbons (Fsp3) is 0.820. The fourth-order valence-electron chi connectivity index (χ4n) is 9.71. The number of aliphatic hydroxyl groups is 3. The first-order chi connectivity index (χ1) is 30.6. The molecule has 0 saturated carbocycles. The van der Waals surface area contributed by atoms with Crippen molar-refractivity contribution in [3.63, 3.8) is 0 Å². The molecule has 65 heavy (non-hydrogen) atoms. The lowest BCUT2D eigenvalue weighted by molar-refractivity contribution is -0.262. The first-order valence-electron chi connectivity index (χ1n) is 24.6. The van der Waals surface area contributed by atoms with Gasteiger partial charge in [-0.25, -0.2) is 0 Å². The Kier molecular flexibility index (Phi) is 24.1. The van der Waals surface area contributed by atoms with Crippen LogP contribution in [0.25, 0.3) is 0 Å². The second-order valence-electron chi connectivity index (χ2n) is 19.8. The Morgan fingerprint density at radius 2 is 1.71 bits per heavy atom. The van der Waals surface area contributed by atoms with Gasteiger partial charge in [0.15, 0.2) is 17.7 Å². The summed E-state index contributed by atoms with van der Waals surface area (Å²) < 4.78 is 32.7. The molecule has 1 aromatic carbocycles. The van der Waals surface area contributed by atoms with E-state index in [-0.39, 0.29) is 36.7 Å². The van der Waals surface area contributed by atoms with Crippen LogP contribution in [0.1, 0.15) is 134 Å². The van der Waals surface area contributed by atoms with Crippen LogP contribution in [0.5, 0.6) is 0 Å². The molecule has 0 spiro atoms. The van der Waals surface area contributed by atoms with E-state index >= 15 is 0 Å². The molecular weight excluding hydrogens is 849 g/mol. The molecular formula is C50H88N4O10S. The number of cyclic esters (lactones) is 1. The number of carbonyl (C=O) groups is 2. The number of amides is 1. The zero-order valence-corrected chi connectivity index (χ0v) is 42.6. The van der Waals surface area contributed by atoms with Crippen molar-refractivity contribution >= 4 is 29.2 Å². The molecule has 15 heteroatoms. The molecule has 16 atom stereocenters. The summed E-state index contributed by atoms with van der Waals surface area (Å²) in [5, 5.41) is 38.6. The molecule has 2 fully saturated rings. The van der Waals surface area contributed by atoms with Gasteiger partial charge in [-0.2, -0.15) is 0 Å². The van der Waals surface area contributed by atoms with Crippen LogP contribution in [0.2, 0.25) is 0 Å². The van der Waals surface area contributed by atoms with Crippen molar-refractivity contribution in [2.75, 3.05) is 32.7 Å². The summed E-state index contributed by atoms with van der Waals surface area (Å²) in [6, 6.07) is 9.61. The molecule has 1 amide bonds. The number of nitrogens with two attached hydrogens (primary N) is 1. The van der Waals surface area contributed by atoms with Gasteiger partial charge in [-0.05, 0) is 116 Å². The van der Waals surface area contributed by atoms with Gasteiger partial charge in [-0.15, -0.1) is 0 Å². The Hall–Kier alpha value is -2.47. The van der Waals surface area contributed by atoms with Crippen molar-refractivity contribution in [3.05, 3.63) is 35.9 Å². The molecule has 3 rings (SSSR count). The first-order valence-corrected chi connectivity index (χ1v) is 25.0. The number of aliphatic hydroxyl groups excluding tert-OH is 2. The third-order valence-corrected chi connectivity index (χ3v) is 14.1. The van der Waals surface area contributed by atoms with E-state index in [1.54, 1.807) is 20.8 Å². The molecule has 374 valence electrons. The van der Waals surface area contributed by atoms with E-state index in [2.05, 4.69) is 57.0 Å². The second-order valence-corrected chi connectivity index (χ2v) is 20.2. The van der Waals surface area contributed by atoms with Crippen LogP contribution in [-0.2, 0) is 39.7 Å². The van der Waals surface area contributed by atoms with Crippen LogP contribution < -0.4 is 11.1 Å². The third-order valence-electron chi connectivity index (χ3n) is 13.7. The topological polar surface area (TPSA) is 186 Å². The van der Waals surface area contributed by atoms with E-state index in [1.165, 1.54) is 12.5 Å². The average molecular weight is 937 g/mol. The Morgan fingerprint density at radius 3 is 2.31 bits per heavy atom. The van der Waals surface area contributed by atoms with Crippen LogP contribution in [-0.4, -0.2) is 142 Å². The van der Waals surface area contributed by atoms with Gasteiger partial charge >= 0.3 is 5.97 Å². The molecule has 0 aromatic heterocycles. The Labute approximate surface area is 397 Å². The molecule has 7 unspecified atom stereocenters. The number of carbonyl (C=O) groups excluding carboxylic acids is 2. The Morgan fingerprint density at radius 1 is 1.03 bits per heavy atom. The van der Waals surface area contributed by atoms with Crippen molar-refractivity contribution in [2.45, 2.75) is 201 Å². The highest BCUT2D eigenvalue weighted by atomic mass is 32.1. The zero-order chi connectivity index (χ0) is 48.6. The van der Waals surface area contributed by atoms with Crippen molar-refractivity contribution in [1.82, 2.24) is 15.1 Å². The van der Waals surface area contributed by atoms with E-state index in [9.17, 15) is 24.9 Å². The highest BCUT2D eigenvalue weighted by molar-refractivity contribution is 7.80. The SMILES string of the molecule is CC[C@@H](OC(C)[C@@H](C)O)O[C@@H]1C(C)C(=O)O[C@H](CC)[C@@](C)(O)C(O)C(C)N(CCCN(CCC(N)=O)C(=S)NCCc2ccccc2)C[C@H](C)C[C@H](C)[C@H](OC2CC(C)CC(C)O2)[C@H]1C. The molecule has 1 aromatic rings. The molecule has 2 heterocycles. The van der Waals surface area contributed by atoms with E-state index in [0.29, 0.717) is 56.6 Å². The van der Waals surface area contributed by atoms with E-state index in [1.807, 2.05) is 43.9 Å². The second kappa shape index (κ2) is 27.5. The van der Waals surface area contributed by atoms with Crippen LogP contribution in [0.15, 0.2) is 30.3 Å². The summed E-state index contributed by atoms with van der Waals surface area (Å²) in [5.74, 6) is -1.71. The minimum Gasteiger partial charge on any atom is -0.459 e. The highest BCUT2D eigenvalue weighted by Gasteiger charge is 2.47. The maximum Gasteiger partial charge on any atom is 0.311 e. The number of thiocarbonyl (C=S) groups is 1. The van der Waals surface area contributed by atoms with Gasteiger partial charge in [0.1, 0.15) is 17.8 Å². The predicted molar refractivity (Wildman–Crippen MR) is 259 cm³/mol. The number of esters is 1. The van der Waals surface area contributed by atoms with Crippen LogP contribution in [0.4, 0.5) is 0 Å². The number of benzene rings is 1. The minimum absolute atomic E-state index is 0.0303. The van der Waals surface area contributed by atoms with Crippen molar-refractivity contribution in [1.29, 1.82) is 0 Å². The normalized spacial score (nSPS) is 33.7. The Bertz CT molecular complexity index is 1550. The molecule has 0 aliphatic carbocycles. The van der Waals surface area contributed by atoms with Gasteiger partial charge in [-0.1, -0.05) is 71.9 Å². The number of rotatable bonds is 19. The quantitative estimate of drug-likeness (QED) is 0.0601. The highest BCUT2D eigenvalue weighted by Crippen LogP contribution is 2.37. The van der Waals surface area contributed by atoms with E-state index in [0.717, 1.165) is 25.7 Å². The molecule has 0 bridgehead atoms. The summed E-state index contributed by atoms with van der Waals surface area (Å²) in [7, 11) is 0. The standard InChI is InChI=1S/C50H88N4O10S/c1-13-41-50(12,59)47(57)37(9)54(25-18-24-53(26-22-42(51)56)49(65)52-23-21-40-19-16-15-17-20-40)30-32(4)27-33(5)45(64-44-29-31(3)28-34(6)60-44)35(7)46(36(8)48(58)62-41)63-43(14-2)61-39(11)38(10)55/h15-17,19-20,31-39,41,43-47,55,57,59H,13-14,18,21-30H2,1-12H3,(H2,51,56)(H,52,65)/t31?,32-,33+,34?,35-,36?,37?,38-,39?,41-,43+,44?,45+,46+,47?,50-/m1/s1. The summed E-state index contributed by atoms with van der Waals surface area (Å²) in [4.78, 5) is 30.5. The number of hydrogen-bond donors (Lipinski definition) is 5. The van der Waals surface area contributed by atoms with Crippen molar-refractivity contribution < 1.29 is 48.6 Å². The van der Waals surface area contributed by atoms with Gasteiger partial charge in [-0.3, -0.25) is 14.5 Å². The monoisotopic (exact) mass is 937 g/mol. The maximum absolute atomic E-state index is 14.4. The van der Waals surface area contributed by atoms with Gasteiger partial charge in [0.05, 0.1) is 36.4 Å². The largest absolute Gasteiger partial charge is 0.459 e. The lowest BCUT2D eigenvalue weighted by Crippen LogP contribution is -2.59. The number of nitrogens with zero attached hydrogens (tertiary/aromatic N) is 2.